The van der Waals surface area contributed by atoms with E-state index in [0.29, 0.717) is 13.0 Å². The van der Waals surface area contributed by atoms with Crippen LogP contribution >= 0.6 is 0 Å². The van der Waals surface area contributed by atoms with Crippen molar-refractivity contribution in [2.24, 2.45) is 0 Å². The molecule has 0 spiro atoms. The lowest BCUT2D eigenvalue weighted by atomic mass is 10.2. The molecule has 0 bridgehead atoms. The van der Waals surface area contributed by atoms with Crippen molar-refractivity contribution in [2.75, 3.05) is 40.3 Å². The summed E-state index contributed by atoms with van der Waals surface area (Å²) in [6.45, 7) is 6.07. The molecule has 4 heteroatoms. The van der Waals surface area contributed by atoms with E-state index in [9.17, 15) is 4.79 Å². The number of hydrogen-bond acceptors (Lipinski definition) is 3. The molecule has 0 aliphatic rings. The standard InChI is InChI=1S/C16H27N3O/c1-4-17-11-10-16(20)19(13-12-18(2)3)14-15-8-6-5-7-9-15/h5-9,17H,4,10-14H2,1-3H3. The van der Waals surface area contributed by atoms with Crippen LogP contribution in [-0.2, 0) is 11.3 Å². The fraction of sp³-hybridized carbons (Fsp3) is 0.562. The molecule has 0 atom stereocenters. The third kappa shape index (κ3) is 6.68. The third-order valence-corrected chi connectivity index (χ3v) is 3.15. The summed E-state index contributed by atoms with van der Waals surface area (Å²) in [6, 6.07) is 10.2. The van der Waals surface area contributed by atoms with Crippen molar-refractivity contribution in [3.8, 4) is 0 Å². The van der Waals surface area contributed by atoms with E-state index >= 15 is 0 Å². The molecule has 1 amide bonds. The predicted molar refractivity (Wildman–Crippen MR) is 83.6 cm³/mol. The van der Waals surface area contributed by atoms with E-state index in [-0.39, 0.29) is 5.91 Å². The van der Waals surface area contributed by atoms with Crippen molar-refractivity contribution in [3.05, 3.63) is 35.9 Å². The highest BCUT2D eigenvalue weighted by molar-refractivity contribution is 5.76. The Morgan fingerprint density at radius 1 is 1.15 bits per heavy atom. The number of rotatable bonds is 9. The minimum Gasteiger partial charge on any atom is -0.337 e. The van der Waals surface area contributed by atoms with Crippen LogP contribution in [0.25, 0.3) is 0 Å². The van der Waals surface area contributed by atoms with Crippen molar-refractivity contribution < 1.29 is 4.79 Å². The van der Waals surface area contributed by atoms with Crippen LogP contribution in [0.3, 0.4) is 0 Å². The molecule has 4 nitrogen and oxygen atoms in total. The zero-order valence-electron chi connectivity index (χ0n) is 12.9. The molecule has 1 aromatic carbocycles. The Labute approximate surface area is 122 Å². The predicted octanol–water partition coefficient (Wildman–Crippen LogP) is 1.58. The molecule has 1 aromatic rings. The topological polar surface area (TPSA) is 35.6 Å². The normalized spacial score (nSPS) is 10.8. The van der Waals surface area contributed by atoms with Crippen molar-refractivity contribution in [3.63, 3.8) is 0 Å². The Morgan fingerprint density at radius 3 is 2.45 bits per heavy atom. The van der Waals surface area contributed by atoms with Crippen molar-refractivity contribution in [1.29, 1.82) is 0 Å². The SMILES string of the molecule is CCNCCC(=O)N(CCN(C)C)Cc1ccccc1. The molecule has 0 aliphatic carbocycles. The highest BCUT2D eigenvalue weighted by Crippen LogP contribution is 2.06. The number of nitrogens with zero attached hydrogens (tertiary/aromatic N) is 2. The van der Waals surface area contributed by atoms with Crippen LogP contribution in [0.15, 0.2) is 30.3 Å². The minimum absolute atomic E-state index is 0.219. The molecule has 0 heterocycles. The van der Waals surface area contributed by atoms with Gasteiger partial charge in [-0.2, -0.15) is 0 Å². The first-order valence-electron chi connectivity index (χ1n) is 7.30. The van der Waals surface area contributed by atoms with Gasteiger partial charge in [0, 0.05) is 32.6 Å². The van der Waals surface area contributed by atoms with Crippen LogP contribution in [0.4, 0.5) is 0 Å². The molecule has 0 aromatic heterocycles. The number of likely N-dealkylation sites (N-methyl/N-ethyl adjacent to an activating group) is 1. The molecule has 0 fully saturated rings. The monoisotopic (exact) mass is 277 g/mol. The lowest BCUT2D eigenvalue weighted by Gasteiger charge is -2.24. The van der Waals surface area contributed by atoms with Gasteiger partial charge in [0.2, 0.25) is 5.91 Å². The van der Waals surface area contributed by atoms with E-state index in [1.807, 2.05) is 37.2 Å². The zero-order valence-corrected chi connectivity index (χ0v) is 12.9. The quantitative estimate of drug-likeness (QED) is 0.696. The van der Waals surface area contributed by atoms with Gasteiger partial charge < -0.3 is 15.1 Å². The lowest BCUT2D eigenvalue weighted by Crippen LogP contribution is -2.37. The maximum Gasteiger partial charge on any atom is 0.224 e. The molecule has 1 N–H and O–H groups in total. The van der Waals surface area contributed by atoms with Gasteiger partial charge in [0.1, 0.15) is 0 Å². The molecular formula is C16H27N3O. The highest BCUT2D eigenvalue weighted by atomic mass is 16.2. The first-order chi connectivity index (χ1) is 9.63. The summed E-state index contributed by atoms with van der Waals surface area (Å²) < 4.78 is 0. The third-order valence-electron chi connectivity index (χ3n) is 3.15. The maximum atomic E-state index is 12.3. The molecule has 0 saturated carbocycles. The van der Waals surface area contributed by atoms with Gasteiger partial charge in [-0.15, -0.1) is 0 Å². The van der Waals surface area contributed by atoms with E-state index in [1.165, 1.54) is 5.56 Å². The fourth-order valence-corrected chi connectivity index (χ4v) is 1.95. The van der Waals surface area contributed by atoms with Crippen LogP contribution in [0.5, 0.6) is 0 Å². The second kappa shape index (κ2) is 9.50. The number of nitrogens with one attached hydrogen (secondary N) is 1. The average Bonchev–Trinajstić information content (AvgIpc) is 2.44. The smallest absolute Gasteiger partial charge is 0.224 e. The van der Waals surface area contributed by atoms with Crippen LogP contribution in [-0.4, -0.2) is 56.0 Å². The van der Waals surface area contributed by atoms with Gasteiger partial charge in [-0.1, -0.05) is 37.3 Å². The molecule has 0 aliphatic heterocycles. The van der Waals surface area contributed by atoms with E-state index in [4.69, 9.17) is 0 Å². The number of carbonyl (C=O) groups excluding carboxylic acids is 1. The van der Waals surface area contributed by atoms with Gasteiger partial charge in [0.25, 0.3) is 0 Å². The lowest BCUT2D eigenvalue weighted by molar-refractivity contribution is -0.131. The van der Waals surface area contributed by atoms with Gasteiger partial charge in [-0.25, -0.2) is 0 Å². The maximum absolute atomic E-state index is 12.3. The Morgan fingerprint density at radius 2 is 1.85 bits per heavy atom. The molecule has 112 valence electrons. The van der Waals surface area contributed by atoms with E-state index < -0.39 is 0 Å². The van der Waals surface area contributed by atoms with Crippen LogP contribution in [0.1, 0.15) is 18.9 Å². The van der Waals surface area contributed by atoms with Gasteiger partial charge in [-0.05, 0) is 26.2 Å². The molecule has 20 heavy (non-hydrogen) atoms. The van der Waals surface area contributed by atoms with Crippen LogP contribution < -0.4 is 5.32 Å². The number of benzene rings is 1. The van der Waals surface area contributed by atoms with Crippen LogP contribution in [0.2, 0.25) is 0 Å². The Bertz CT molecular complexity index is 379. The summed E-state index contributed by atoms with van der Waals surface area (Å²) >= 11 is 0. The first kappa shape index (κ1) is 16.7. The van der Waals surface area contributed by atoms with Crippen molar-refractivity contribution >= 4 is 5.91 Å². The van der Waals surface area contributed by atoms with E-state index in [2.05, 4.69) is 29.3 Å². The van der Waals surface area contributed by atoms with Gasteiger partial charge in [-0.3, -0.25) is 4.79 Å². The Kier molecular flexibility index (Phi) is 7.92. The summed E-state index contributed by atoms with van der Waals surface area (Å²) in [5.41, 5.74) is 1.18. The number of carbonyl (C=O) groups is 1. The van der Waals surface area contributed by atoms with Gasteiger partial charge >= 0.3 is 0 Å². The molecule has 0 radical (unpaired) electrons. The Balaban J connectivity index is 2.57. The van der Waals surface area contributed by atoms with E-state index in [1.54, 1.807) is 0 Å². The molecule has 0 unspecified atom stereocenters. The molecule has 0 saturated heterocycles. The molecular weight excluding hydrogens is 250 g/mol. The number of hydrogen-bond donors (Lipinski definition) is 1. The zero-order chi connectivity index (χ0) is 14.8. The summed E-state index contributed by atoms with van der Waals surface area (Å²) in [5.74, 6) is 0.219. The van der Waals surface area contributed by atoms with Crippen LogP contribution in [0, 0.1) is 0 Å². The van der Waals surface area contributed by atoms with E-state index in [0.717, 1.165) is 26.2 Å². The second-order valence-corrected chi connectivity index (χ2v) is 5.21. The van der Waals surface area contributed by atoms with Gasteiger partial charge in [0.15, 0.2) is 0 Å². The summed E-state index contributed by atoms with van der Waals surface area (Å²) in [4.78, 5) is 16.4. The molecule has 1 rings (SSSR count). The van der Waals surface area contributed by atoms with Crippen molar-refractivity contribution in [1.82, 2.24) is 15.1 Å². The summed E-state index contributed by atoms with van der Waals surface area (Å²) in [7, 11) is 4.06. The highest BCUT2D eigenvalue weighted by Gasteiger charge is 2.13. The first-order valence-corrected chi connectivity index (χ1v) is 7.30. The average molecular weight is 277 g/mol. The number of amides is 1. The van der Waals surface area contributed by atoms with Crippen molar-refractivity contribution in [2.45, 2.75) is 19.9 Å². The summed E-state index contributed by atoms with van der Waals surface area (Å²) in [6.07, 6.45) is 0.564. The summed E-state index contributed by atoms with van der Waals surface area (Å²) in [5, 5.41) is 3.20. The fourth-order valence-electron chi connectivity index (χ4n) is 1.95. The largest absolute Gasteiger partial charge is 0.337 e. The minimum atomic E-state index is 0.219. The van der Waals surface area contributed by atoms with Gasteiger partial charge in [0.05, 0.1) is 0 Å². The Hall–Kier alpha value is -1.39. The second-order valence-electron chi connectivity index (χ2n) is 5.21.